The first-order valence-corrected chi connectivity index (χ1v) is 8.78. The molecular formula is C21H19FN3OS+. The molecule has 0 spiro atoms. The molecule has 27 heavy (non-hydrogen) atoms. The van der Waals surface area contributed by atoms with Crippen LogP contribution in [0.1, 0.15) is 11.1 Å². The Morgan fingerprint density at radius 2 is 1.67 bits per heavy atom. The maximum atomic E-state index is 13.6. The number of hydrazone groups is 1. The minimum atomic E-state index is -0.266. The number of halogens is 1. The van der Waals surface area contributed by atoms with Crippen molar-refractivity contribution in [3.8, 4) is 5.75 Å². The molecule has 4 nitrogen and oxygen atoms in total. The summed E-state index contributed by atoms with van der Waals surface area (Å²) in [4.78, 5) is 0. The number of rotatable bonds is 6. The van der Waals surface area contributed by atoms with Crippen molar-refractivity contribution < 1.29 is 14.2 Å². The molecule has 3 aromatic carbocycles. The van der Waals surface area contributed by atoms with Gasteiger partial charge in [0.1, 0.15) is 18.2 Å². The molecule has 3 N–H and O–H groups in total. The molecule has 0 aliphatic rings. The van der Waals surface area contributed by atoms with E-state index in [-0.39, 0.29) is 12.4 Å². The van der Waals surface area contributed by atoms with E-state index >= 15 is 0 Å². The summed E-state index contributed by atoms with van der Waals surface area (Å²) in [5.41, 5.74) is 5.26. The third kappa shape index (κ3) is 5.90. The summed E-state index contributed by atoms with van der Waals surface area (Å²) in [7, 11) is 0. The first kappa shape index (κ1) is 18.5. The zero-order valence-corrected chi connectivity index (χ0v) is 15.3. The fourth-order valence-electron chi connectivity index (χ4n) is 2.31. The summed E-state index contributed by atoms with van der Waals surface area (Å²) in [5, 5.41) is 6.46. The first-order valence-electron chi connectivity index (χ1n) is 8.38. The van der Waals surface area contributed by atoms with E-state index in [1.807, 2.05) is 54.6 Å². The highest BCUT2D eigenvalue weighted by Crippen LogP contribution is 2.14. The Morgan fingerprint density at radius 1 is 0.963 bits per heavy atom. The van der Waals surface area contributed by atoms with Crippen molar-refractivity contribution in [1.82, 2.24) is 5.43 Å². The molecule has 0 heterocycles. The van der Waals surface area contributed by atoms with Crippen LogP contribution in [0.3, 0.4) is 0 Å². The molecule has 0 saturated heterocycles. The van der Waals surface area contributed by atoms with Crippen LogP contribution in [0.5, 0.6) is 5.75 Å². The Bertz CT molecular complexity index is 914. The van der Waals surface area contributed by atoms with Crippen molar-refractivity contribution in [2.24, 2.45) is 0 Å². The highest BCUT2D eigenvalue weighted by molar-refractivity contribution is 7.80. The lowest BCUT2D eigenvalue weighted by Gasteiger charge is -2.07. The second-order valence-electron chi connectivity index (χ2n) is 5.68. The van der Waals surface area contributed by atoms with E-state index in [0.717, 1.165) is 11.3 Å². The van der Waals surface area contributed by atoms with Crippen LogP contribution >= 0.6 is 12.2 Å². The van der Waals surface area contributed by atoms with Gasteiger partial charge in [-0.3, -0.25) is 0 Å². The molecule has 0 atom stereocenters. The summed E-state index contributed by atoms with van der Waals surface area (Å²) in [6.07, 6.45) is 1.78. The van der Waals surface area contributed by atoms with Gasteiger partial charge in [0.25, 0.3) is 0 Å². The van der Waals surface area contributed by atoms with Gasteiger partial charge in [0.2, 0.25) is 5.11 Å². The fraction of sp³-hybridized carbons (Fsp3) is 0.0476. The number of hydrazine groups is 1. The number of thiocarbonyl (C=S) groups is 1. The minimum absolute atomic E-state index is 0.189. The monoisotopic (exact) mass is 380 g/mol. The Hall–Kier alpha value is -3.25. The lowest BCUT2D eigenvalue weighted by atomic mass is 10.2. The van der Waals surface area contributed by atoms with E-state index in [0.29, 0.717) is 16.4 Å². The van der Waals surface area contributed by atoms with Crippen LogP contribution in [0.2, 0.25) is 0 Å². The molecule has 0 saturated carbocycles. The molecule has 3 aromatic rings. The minimum Gasteiger partial charge on any atom is -0.489 e. The highest BCUT2D eigenvalue weighted by Gasteiger charge is 2.02. The van der Waals surface area contributed by atoms with E-state index in [2.05, 4.69) is 15.8 Å². The topological polar surface area (TPSA) is 47.3 Å². The van der Waals surface area contributed by atoms with Crippen LogP contribution in [0, 0.1) is 5.82 Å². The fourth-order valence-corrected chi connectivity index (χ4v) is 2.48. The number of ether oxygens (including phenoxy) is 1. The second-order valence-corrected chi connectivity index (χ2v) is 6.09. The molecule has 136 valence electrons. The lowest BCUT2D eigenvalue weighted by molar-refractivity contribution is -0.499. The molecule has 0 aromatic heterocycles. The van der Waals surface area contributed by atoms with Crippen molar-refractivity contribution in [1.29, 1.82) is 0 Å². The average molecular weight is 380 g/mol. The third-order valence-corrected chi connectivity index (χ3v) is 3.89. The van der Waals surface area contributed by atoms with Gasteiger partial charge in [-0.05, 0) is 54.7 Å². The molecule has 0 radical (unpaired) electrons. The van der Waals surface area contributed by atoms with Gasteiger partial charge in [-0.2, -0.15) is 0 Å². The predicted molar refractivity (Wildman–Crippen MR) is 109 cm³/mol. The summed E-state index contributed by atoms with van der Waals surface area (Å²) >= 11 is 5.21. The quantitative estimate of drug-likeness (QED) is 0.350. The molecule has 6 heteroatoms. The molecule has 3 rings (SSSR count). The van der Waals surface area contributed by atoms with Gasteiger partial charge < -0.3 is 10.1 Å². The van der Waals surface area contributed by atoms with Gasteiger partial charge in [-0.1, -0.05) is 36.4 Å². The van der Waals surface area contributed by atoms with Gasteiger partial charge in [-0.25, -0.2) is 4.39 Å². The molecule has 0 amide bonds. The number of benzene rings is 3. The van der Waals surface area contributed by atoms with Crippen molar-refractivity contribution in [2.75, 3.05) is 5.32 Å². The largest absolute Gasteiger partial charge is 0.489 e. The summed E-state index contributed by atoms with van der Waals surface area (Å²) in [6.45, 7) is 0.189. The van der Waals surface area contributed by atoms with Crippen molar-refractivity contribution in [3.05, 3.63) is 95.8 Å². The van der Waals surface area contributed by atoms with Crippen LogP contribution in [-0.4, -0.2) is 11.3 Å². The van der Waals surface area contributed by atoms with Crippen LogP contribution in [0.4, 0.5) is 10.1 Å². The Morgan fingerprint density at radius 3 is 2.41 bits per heavy atom. The number of anilines is 1. The molecule has 0 bridgehead atoms. The lowest BCUT2D eigenvalue weighted by Crippen LogP contribution is -2.82. The van der Waals surface area contributed by atoms with Crippen LogP contribution < -0.4 is 20.6 Å². The van der Waals surface area contributed by atoms with Gasteiger partial charge in [0, 0.05) is 16.8 Å². The molecule has 0 aliphatic heterocycles. The van der Waals surface area contributed by atoms with Gasteiger partial charge >= 0.3 is 0 Å². The van der Waals surface area contributed by atoms with Crippen molar-refractivity contribution >= 4 is 29.2 Å². The Balaban J connectivity index is 1.48. The third-order valence-electron chi connectivity index (χ3n) is 3.69. The van der Waals surface area contributed by atoms with Crippen LogP contribution in [-0.2, 0) is 6.61 Å². The predicted octanol–water partition coefficient (Wildman–Crippen LogP) is 2.81. The molecule has 0 aliphatic carbocycles. The van der Waals surface area contributed by atoms with Crippen molar-refractivity contribution in [3.63, 3.8) is 0 Å². The number of hydrogen-bond donors (Lipinski definition) is 3. The maximum Gasteiger partial charge on any atom is 0.228 e. The number of para-hydroxylation sites is 1. The molecular weight excluding hydrogens is 361 g/mol. The van der Waals surface area contributed by atoms with Gasteiger partial charge in [-0.15, -0.1) is 10.5 Å². The number of nitrogens with one attached hydrogen (secondary N) is 3. The SMILES string of the molecule is Fc1ccccc1COc1ccc(C=[NH+]NC(=S)Nc2ccccc2)cc1. The number of hydrogen-bond acceptors (Lipinski definition) is 2. The Kier molecular flexibility index (Phi) is 6.49. The van der Waals surface area contributed by atoms with Crippen molar-refractivity contribution in [2.45, 2.75) is 6.61 Å². The molecule has 0 unspecified atom stereocenters. The summed E-state index contributed by atoms with van der Waals surface area (Å²) in [6, 6.07) is 23.7. The van der Waals surface area contributed by atoms with E-state index in [9.17, 15) is 4.39 Å². The van der Waals surface area contributed by atoms with Gasteiger partial charge in [0.15, 0.2) is 6.21 Å². The summed E-state index contributed by atoms with van der Waals surface area (Å²) in [5.74, 6) is 0.405. The zero-order chi connectivity index (χ0) is 18.9. The van der Waals surface area contributed by atoms with E-state index in [1.54, 1.807) is 24.4 Å². The normalized spacial score (nSPS) is 10.6. The van der Waals surface area contributed by atoms with Crippen LogP contribution in [0.15, 0.2) is 78.9 Å². The Labute approximate surface area is 162 Å². The second kappa shape index (κ2) is 9.45. The highest BCUT2D eigenvalue weighted by atomic mass is 32.1. The molecule has 0 fully saturated rings. The summed E-state index contributed by atoms with van der Waals surface area (Å²) < 4.78 is 19.2. The first-order chi connectivity index (χ1) is 13.2. The standard InChI is InChI=1S/C21H18FN3OS/c22-20-9-5-4-6-17(20)15-26-19-12-10-16(11-13-19)14-23-25-21(27)24-18-7-2-1-3-8-18/h1-14H,15H2,(H2,24,25,27)/p+1. The van der Waals surface area contributed by atoms with Gasteiger partial charge in [0.05, 0.1) is 0 Å². The average Bonchev–Trinajstić information content (AvgIpc) is 2.69. The van der Waals surface area contributed by atoms with E-state index < -0.39 is 0 Å². The maximum absolute atomic E-state index is 13.6. The smallest absolute Gasteiger partial charge is 0.228 e. The zero-order valence-electron chi connectivity index (χ0n) is 14.5. The van der Waals surface area contributed by atoms with E-state index in [4.69, 9.17) is 17.0 Å². The van der Waals surface area contributed by atoms with Crippen LogP contribution in [0.25, 0.3) is 0 Å². The van der Waals surface area contributed by atoms with E-state index in [1.165, 1.54) is 6.07 Å².